The smallest absolute Gasteiger partial charge is 0.0755 e. The van der Waals surface area contributed by atoms with Crippen molar-refractivity contribution in [3.8, 4) is 33.4 Å². The molecular weight excluding hydrogens is 689 g/mol. The van der Waals surface area contributed by atoms with Gasteiger partial charge in [-0.2, -0.15) is 0 Å². The molecule has 0 unspecified atom stereocenters. The molecule has 268 valence electrons. The van der Waals surface area contributed by atoms with E-state index >= 15 is 0 Å². The lowest BCUT2D eigenvalue weighted by atomic mass is 9.64. The van der Waals surface area contributed by atoms with Crippen LogP contribution in [0.25, 0.3) is 33.4 Å². The van der Waals surface area contributed by atoms with Crippen molar-refractivity contribution in [2.75, 3.05) is 9.80 Å². The Bertz CT molecular complexity index is 2870. The van der Waals surface area contributed by atoms with E-state index in [-0.39, 0.29) is 0 Å². The zero-order valence-corrected chi connectivity index (χ0v) is 31.3. The number of hydrogen-bond acceptors (Lipinski definition) is 2. The van der Waals surface area contributed by atoms with E-state index in [1.807, 2.05) is 0 Å². The number of anilines is 6. The highest BCUT2D eigenvalue weighted by molar-refractivity contribution is 5.98. The first-order valence-electron chi connectivity index (χ1n) is 19.7. The first kappa shape index (κ1) is 33.0. The molecule has 0 saturated carbocycles. The molecule has 0 N–H and O–H groups in total. The molecule has 2 heteroatoms. The number of nitrogens with zero attached hydrogens (tertiary/aromatic N) is 2. The summed E-state index contributed by atoms with van der Waals surface area (Å²) >= 11 is 0. The summed E-state index contributed by atoms with van der Waals surface area (Å²) in [4.78, 5) is 4.89. The van der Waals surface area contributed by atoms with Crippen LogP contribution in [0.3, 0.4) is 0 Å². The van der Waals surface area contributed by atoms with Crippen molar-refractivity contribution in [2.24, 2.45) is 0 Å². The molecule has 1 aliphatic heterocycles. The summed E-state index contributed by atoms with van der Waals surface area (Å²) in [6, 6.07) is 84.2. The average molecular weight is 727 g/mol. The van der Waals surface area contributed by atoms with Gasteiger partial charge in [0, 0.05) is 22.6 Å². The SMILES string of the molecule is c1ccc(-c2ccccc2-c2ccccc2N(c2ccccc2)c2ccc3c(c2)C2(c4ccccc4-3)c3ccccc3N(c3ccccc3)c3ccccc32)cc1. The molecule has 1 aliphatic carbocycles. The van der Waals surface area contributed by atoms with Crippen molar-refractivity contribution in [3.63, 3.8) is 0 Å². The maximum atomic E-state index is 2.48. The third-order valence-corrected chi connectivity index (χ3v) is 11.9. The van der Waals surface area contributed by atoms with E-state index in [0.29, 0.717) is 0 Å². The third-order valence-electron chi connectivity index (χ3n) is 11.9. The van der Waals surface area contributed by atoms with E-state index < -0.39 is 5.41 Å². The Kier molecular flexibility index (Phi) is 7.75. The van der Waals surface area contributed by atoms with Crippen LogP contribution in [0.2, 0.25) is 0 Å². The van der Waals surface area contributed by atoms with Crippen molar-refractivity contribution in [3.05, 3.63) is 253 Å². The van der Waals surface area contributed by atoms with Crippen LogP contribution >= 0.6 is 0 Å². The van der Waals surface area contributed by atoms with Crippen molar-refractivity contribution in [1.29, 1.82) is 0 Å². The largest absolute Gasteiger partial charge is 0.310 e. The first-order valence-corrected chi connectivity index (χ1v) is 19.7. The molecule has 0 fully saturated rings. The zero-order valence-electron chi connectivity index (χ0n) is 31.3. The molecule has 9 aromatic rings. The lowest BCUT2D eigenvalue weighted by molar-refractivity contribution is 0.752. The van der Waals surface area contributed by atoms with E-state index in [4.69, 9.17) is 0 Å². The molecule has 0 aromatic heterocycles. The second-order valence-corrected chi connectivity index (χ2v) is 14.8. The Morgan fingerprint density at radius 3 is 1.49 bits per heavy atom. The standard InChI is InChI=1S/C55H38N2/c1-4-20-39(21-5-1)43-26-10-11-27-44(43)47-29-13-17-33-52(47)56(40-22-6-2-7-23-40)42-36-37-46-45-28-12-14-30-48(45)55(51(46)38-42)49-31-15-18-34-53(49)57(41-24-8-3-9-25-41)54-35-19-16-32-50(54)55/h1-38H. The van der Waals surface area contributed by atoms with Crippen molar-refractivity contribution in [1.82, 2.24) is 0 Å². The summed E-state index contributed by atoms with van der Waals surface area (Å²) in [5.41, 5.74) is 18.8. The van der Waals surface area contributed by atoms with Gasteiger partial charge in [-0.3, -0.25) is 0 Å². The average Bonchev–Trinajstić information content (AvgIpc) is 3.58. The maximum absolute atomic E-state index is 2.48. The van der Waals surface area contributed by atoms with Gasteiger partial charge in [0.05, 0.1) is 22.5 Å². The molecule has 1 spiro atoms. The van der Waals surface area contributed by atoms with E-state index in [1.54, 1.807) is 0 Å². The van der Waals surface area contributed by atoms with E-state index in [0.717, 1.165) is 22.7 Å². The third kappa shape index (κ3) is 5.04. The quantitative estimate of drug-likeness (QED) is 0.168. The number of para-hydroxylation sites is 5. The first-order chi connectivity index (χ1) is 28.3. The van der Waals surface area contributed by atoms with Gasteiger partial charge >= 0.3 is 0 Å². The topological polar surface area (TPSA) is 6.48 Å². The minimum absolute atomic E-state index is 0.553. The highest BCUT2D eigenvalue weighted by atomic mass is 15.2. The van der Waals surface area contributed by atoms with Gasteiger partial charge in [-0.05, 0) is 105 Å². The molecule has 9 aromatic carbocycles. The normalized spacial score (nSPS) is 13.0. The molecule has 0 bridgehead atoms. The van der Waals surface area contributed by atoms with Gasteiger partial charge in [0.2, 0.25) is 0 Å². The molecule has 2 aliphatic rings. The number of benzene rings is 9. The Morgan fingerprint density at radius 2 is 0.807 bits per heavy atom. The van der Waals surface area contributed by atoms with Gasteiger partial charge in [0.15, 0.2) is 0 Å². The Morgan fingerprint density at radius 1 is 0.316 bits per heavy atom. The lowest BCUT2D eigenvalue weighted by Crippen LogP contribution is -2.36. The highest BCUT2D eigenvalue weighted by Gasteiger charge is 2.51. The van der Waals surface area contributed by atoms with Gasteiger partial charge in [-0.25, -0.2) is 0 Å². The Labute approximate surface area is 334 Å². The summed E-state index contributed by atoms with van der Waals surface area (Å²) in [5.74, 6) is 0. The Balaban J connectivity index is 1.18. The van der Waals surface area contributed by atoms with Crippen LogP contribution in [0.5, 0.6) is 0 Å². The summed E-state index contributed by atoms with van der Waals surface area (Å²) in [7, 11) is 0. The number of hydrogen-bond donors (Lipinski definition) is 0. The van der Waals surface area contributed by atoms with Gasteiger partial charge in [-0.15, -0.1) is 0 Å². The summed E-state index contributed by atoms with van der Waals surface area (Å²) in [6.45, 7) is 0. The van der Waals surface area contributed by atoms with Crippen LogP contribution < -0.4 is 9.80 Å². The predicted octanol–water partition coefficient (Wildman–Crippen LogP) is 14.6. The summed E-state index contributed by atoms with van der Waals surface area (Å²) in [5, 5.41) is 0. The number of rotatable bonds is 6. The monoisotopic (exact) mass is 726 g/mol. The molecular formula is C55H38N2. The van der Waals surface area contributed by atoms with Crippen LogP contribution in [-0.2, 0) is 5.41 Å². The fourth-order valence-electron chi connectivity index (χ4n) is 9.58. The molecule has 0 atom stereocenters. The molecule has 0 radical (unpaired) electrons. The van der Waals surface area contributed by atoms with Gasteiger partial charge < -0.3 is 9.80 Å². The lowest BCUT2D eigenvalue weighted by Gasteiger charge is -2.45. The van der Waals surface area contributed by atoms with Crippen LogP contribution in [0.4, 0.5) is 34.1 Å². The summed E-state index contributed by atoms with van der Waals surface area (Å²) in [6.07, 6.45) is 0. The second kappa shape index (κ2) is 13.4. The summed E-state index contributed by atoms with van der Waals surface area (Å²) < 4.78 is 0. The highest BCUT2D eigenvalue weighted by Crippen LogP contribution is 2.64. The van der Waals surface area contributed by atoms with Crippen molar-refractivity contribution in [2.45, 2.75) is 5.41 Å². The molecule has 2 nitrogen and oxygen atoms in total. The molecule has 0 amide bonds. The minimum atomic E-state index is -0.553. The van der Waals surface area contributed by atoms with Crippen molar-refractivity contribution < 1.29 is 0 Å². The van der Waals surface area contributed by atoms with Crippen LogP contribution in [0.1, 0.15) is 22.3 Å². The van der Waals surface area contributed by atoms with E-state index in [1.165, 1.54) is 67.0 Å². The number of fused-ring (bicyclic) bond motifs is 9. The van der Waals surface area contributed by atoms with E-state index in [9.17, 15) is 0 Å². The van der Waals surface area contributed by atoms with Gasteiger partial charge in [-0.1, -0.05) is 176 Å². The van der Waals surface area contributed by atoms with Crippen LogP contribution in [0.15, 0.2) is 231 Å². The van der Waals surface area contributed by atoms with Crippen molar-refractivity contribution >= 4 is 34.1 Å². The van der Waals surface area contributed by atoms with Crippen LogP contribution in [-0.4, -0.2) is 0 Å². The second-order valence-electron chi connectivity index (χ2n) is 14.8. The molecule has 11 rings (SSSR count). The van der Waals surface area contributed by atoms with Gasteiger partial charge in [0.1, 0.15) is 0 Å². The fraction of sp³-hybridized carbons (Fsp3) is 0.0182. The maximum Gasteiger partial charge on any atom is 0.0755 e. The zero-order chi connectivity index (χ0) is 37.8. The fourth-order valence-corrected chi connectivity index (χ4v) is 9.58. The Hall–Kier alpha value is -7.42. The molecule has 0 saturated heterocycles. The molecule has 57 heavy (non-hydrogen) atoms. The van der Waals surface area contributed by atoms with Gasteiger partial charge in [0.25, 0.3) is 0 Å². The predicted molar refractivity (Wildman–Crippen MR) is 238 cm³/mol. The minimum Gasteiger partial charge on any atom is -0.310 e. The van der Waals surface area contributed by atoms with E-state index in [2.05, 4.69) is 240 Å². The molecule has 1 heterocycles. The van der Waals surface area contributed by atoms with Crippen LogP contribution in [0, 0.1) is 0 Å².